The zero-order valence-electron chi connectivity index (χ0n) is 12.1. The number of rotatable bonds is 3. The number of hydrogen-bond acceptors (Lipinski definition) is 6. The molecular weight excluding hydrogens is 292 g/mol. The maximum absolute atomic E-state index is 13.2. The number of H-pyrrole nitrogens is 1. The van der Waals surface area contributed by atoms with Crippen LogP contribution in [-0.2, 0) is 0 Å². The highest BCUT2D eigenvalue weighted by Gasteiger charge is 2.35. The van der Waals surface area contributed by atoms with Gasteiger partial charge in [-0.15, -0.1) is 0 Å². The Balaban J connectivity index is 1.76. The summed E-state index contributed by atoms with van der Waals surface area (Å²) in [6.07, 6.45) is 2.16. The van der Waals surface area contributed by atoms with Gasteiger partial charge in [0.05, 0.1) is 0 Å². The monoisotopic (exact) mass is 309 g/mol. The third-order valence-electron chi connectivity index (χ3n) is 3.64. The molecule has 0 atom stereocenters. The van der Waals surface area contributed by atoms with E-state index in [2.05, 4.69) is 30.2 Å². The average Bonchev–Trinajstić information content (AvgIpc) is 2.87. The Morgan fingerprint density at radius 1 is 1.23 bits per heavy atom. The first-order valence-corrected chi connectivity index (χ1v) is 7.10. The molecule has 0 aromatic carbocycles. The van der Waals surface area contributed by atoms with E-state index >= 15 is 0 Å². The second-order valence-electron chi connectivity index (χ2n) is 5.49. The van der Waals surface area contributed by atoms with Gasteiger partial charge in [0.15, 0.2) is 5.82 Å². The standard InChI is InChI=1S/C13H17F2N7/c1-7-17-6-9(18-7)10-20-11(16)22-12(21-10)19-8-2-4-13(14,15)5-3-8/h6,8H,2-5H2,1H3,(H,17,18)(H3,16,19,20,21,22). The molecule has 2 aromatic rings. The first-order chi connectivity index (χ1) is 10.4. The zero-order chi connectivity index (χ0) is 15.7. The van der Waals surface area contributed by atoms with Gasteiger partial charge in [-0.05, 0) is 19.8 Å². The summed E-state index contributed by atoms with van der Waals surface area (Å²) in [6, 6.07) is -0.0878. The molecule has 0 amide bonds. The largest absolute Gasteiger partial charge is 0.368 e. The third kappa shape index (κ3) is 3.29. The van der Waals surface area contributed by atoms with Crippen LogP contribution in [0, 0.1) is 6.92 Å². The van der Waals surface area contributed by atoms with Crippen LogP contribution >= 0.6 is 0 Å². The van der Waals surface area contributed by atoms with Crippen molar-refractivity contribution in [2.75, 3.05) is 11.1 Å². The van der Waals surface area contributed by atoms with Crippen molar-refractivity contribution in [1.82, 2.24) is 24.9 Å². The van der Waals surface area contributed by atoms with E-state index in [4.69, 9.17) is 5.73 Å². The summed E-state index contributed by atoms with van der Waals surface area (Å²) in [4.78, 5) is 19.5. The van der Waals surface area contributed by atoms with Gasteiger partial charge in [-0.3, -0.25) is 0 Å². The Labute approximate surface area is 125 Å². The van der Waals surface area contributed by atoms with Crippen LogP contribution in [0.25, 0.3) is 11.5 Å². The van der Waals surface area contributed by atoms with E-state index in [0.29, 0.717) is 30.3 Å². The molecule has 118 valence electrons. The minimum atomic E-state index is -2.56. The van der Waals surface area contributed by atoms with Crippen LogP contribution < -0.4 is 11.1 Å². The number of halogens is 2. The van der Waals surface area contributed by atoms with E-state index in [0.717, 1.165) is 5.82 Å². The van der Waals surface area contributed by atoms with Gasteiger partial charge in [-0.2, -0.15) is 15.0 Å². The van der Waals surface area contributed by atoms with Crippen molar-refractivity contribution in [3.63, 3.8) is 0 Å². The minimum absolute atomic E-state index is 0.0642. The van der Waals surface area contributed by atoms with Gasteiger partial charge in [0.2, 0.25) is 17.8 Å². The van der Waals surface area contributed by atoms with Gasteiger partial charge >= 0.3 is 0 Å². The maximum Gasteiger partial charge on any atom is 0.248 e. The number of alkyl halides is 2. The van der Waals surface area contributed by atoms with Crippen LogP contribution in [0.5, 0.6) is 0 Å². The fourth-order valence-electron chi connectivity index (χ4n) is 2.47. The number of nitrogens with two attached hydrogens (primary N) is 1. The summed E-state index contributed by atoms with van der Waals surface area (Å²) in [5.74, 6) is -1.13. The molecule has 0 saturated heterocycles. The minimum Gasteiger partial charge on any atom is -0.368 e. The molecule has 2 aromatic heterocycles. The van der Waals surface area contributed by atoms with Crippen LogP contribution in [-0.4, -0.2) is 36.9 Å². The predicted octanol–water partition coefficient (Wildman–Crippen LogP) is 2.14. The highest BCUT2D eigenvalue weighted by Crippen LogP contribution is 2.34. The van der Waals surface area contributed by atoms with Gasteiger partial charge in [0.1, 0.15) is 11.5 Å². The molecule has 3 rings (SSSR count). The summed E-state index contributed by atoms with van der Waals surface area (Å²) in [6.45, 7) is 1.81. The Morgan fingerprint density at radius 2 is 1.95 bits per heavy atom. The number of aromatic nitrogens is 5. The maximum atomic E-state index is 13.2. The van der Waals surface area contributed by atoms with Gasteiger partial charge in [0, 0.05) is 25.1 Å². The first kappa shape index (κ1) is 14.6. The second-order valence-corrected chi connectivity index (χ2v) is 5.49. The van der Waals surface area contributed by atoms with Crippen molar-refractivity contribution < 1.29 is 8.78 Å². The van der Waals surface area contributed by atoms with E-state index in [1.54, 1.807) is 6.20 Å². The van der Waals surface area contributed by atoms with E-state index in [1.807, 2.05) is 6.92 Å². The van der Waals surface area contributed by atoms with Gasteiger partial charge in [-0.1, -0.05) is 0 Å². The number of hydrogen-bond donors (Lipinski definition) is 3. The molecule has 0 bridgehead atoms. The van der Waals surface area contributed by atoms with Crippen molar-refractivity contribution in [2.24, 2.45) is 0 Å². The highest BCUT2D eigenvalue weighted by atomic mass is 19.3. The van der Waals surface area contributed by atoms with Crippen molar-refractivity contribution in [3.8, 4) is 11.5 Å². The smallest absolute Gasteiger partial charge is 0.248 e. The summed E-state index contributed by atoms with van der Waals surface area (Å²) in [5, 5.41) is 3.06. The normalized spacial score (nSPS) is 18.3. The molecule has 22 heavy (non-hydrogen) atoms. The predicted molar refractivity (Wildman–Crippen MR) is 77.4 cm³/mol. The van der Waals surface area contributed by atoms with Crippen molar-refractivity contribution in [1.29, 1.82) is 0 Å². The Kier molecular flexibility index (Phi) is 3.63. The molecular formula is C13H17F2N7. The third-order valence-corrected chi connectivity index (χ3v) is 3.64. The lowest BCUT2D eigenvalue weighted by Crippen LogP contribution is -2.32. The van der Waals surface area contributed by atoms with Crippen LogP contribution in [0.3, 0.4) is 0 Å². The zero-order valence-corrected chi connectivity index (χ0v) is 12.1. The molecule has 4 N–H and O–H groups in total. The van der Waals surface area contributed by atoms with E-state index in [9.17, 15) is 8.78 Å². The Hall–Kier alpha value is -2.32. The number of aromatic amines is 1. The fraction of sp³-hybridized carbons (Fsp3) is 0.538. The summed E-state index contributed by atoms with van der Waals surface area (Å²) in [7, 11) is 0. The molecule has 0 unspecified atom stereocenters. The van der Waals surface area contributed by atoms with Crippen LogP contribution in [0.1, 0.15) is 31.5 Å². The summed E-state index contributed by atoms with van der Waals surface area (Å²) >= 11 is 0. The number of nitrogens with zero attached hydrogens (tertiary/aromatic N) is 4. The van der Waals surface area contributed by atoms with Gasteiger partial charge in [0.25, 0.3) is 0 Å². The molecule has 1 aliphatic rings. The summed E-state index contributed by atoms with van der Waals surface area (Å²) < 4.78 is 26.3. The van der Waals surface area contributed by atoms with Crippen molar-refractivity contribution in [3.05, 3.63) is 12.0 Å². The molecule has 1 saturated carbocycles. The average molecular weight is 309 g/mol. The van der Waals surface area contributed by atoms with Crippen LogP contribution in [0.4, 0.5) is 20.7 Å². The van der Waals surface area contributed by atoms with Crippen molar-refractivity contribution in [2.45, 2.75) is 44.6 Å². The Bertz CT molecular complexity index is 660. The van der Waals surface area contributed by atoms with Gasteiger partial charge in [-0.25, -0.2) is 13.8 Å². The molecule has 1 fully saturated rings. The molecule has 1 aliphatic carbocycles. The lowest BCUT2D eigenvalue weighted by atomic mass is 9.92. The number of aryl methyl sites for hydroxylation is 1. The lowest BCUT2D eigenvalue weighted by molar-refractivity contribution is -0.0361. The quantitative estimate of drug-likeness (QED) is 0.802. The topological polar surface area (TPSA) is 105 Å². The summed E-state index contributed by atoms with van der Waals surface area (Å²) in [5.41, 5.74) is 6.25. The number of nitrogens with one attached hydrogen (secondary N) is 2. The molecule has 2 heterocycles. The number of anilines is 2. The van der Waals surface area contributed by atoms with E-state index in [1.165, 1.54) is 0 Å². The fourth-order valence-corrected chi connectivity index (χ4v) is 2.47. The molecule has 7 nitrogen and oxygen atoms in total. The molecule has 9 heteroatoms. The van der Waals surface area contributed by atoms with Gasteiger partial charge < -0.3 is 16.0 Å². The SMILES string of the molecule is Cc1nc(-c2nc(N)nc(NC3CCC(F)(F)CC3)n2)c[nH]1. The molecule has 0 radical (unpaired) electrons. The van der Waals surface area contributed by atoms with Crippen molar-refractivity contribution >= 4 is 11.9 Å². The highest BCUT2D eigenvalue weighted by molar-refractivity contribution is 5.52. The second kappa shape index (κ2) is 5.47. The van der Waals surface area contributed by atoms with Crippen LogP contribution in [0.2, 0.25) is 0 Å². The number of nitrogen functional groups attached to an aromatic ring is 1. The lowest BCUT2D eigenvalue weighted by Gasteiger charge is -2.28. The Morgan fingerprint density at radius 3 is 2.59 bits per heavy atom. The molecule has 0 aliphatic heterocycles. The van der Waals surface area contributed by atoms with Crippen LogP contribution in [0.15, 0.2) is 6.20 Å². The van der Waals surface area contributed by atoms with E-state index < -0.39 is 5.92 Å². The van der Waals surface area contributed by atoms with E-state index in [-0.39, 0.29) is 24.8 Å². The number of imidazole rings is 1. The molecule has 0 spiro atoms. The first-order valence-electron chi connectivity index (χ1n) is 7.10.